The van der Waals surface area contributed by atoms with Gasteiger partial charge in [0.25, 0.3) is 0 Å². The van der Waals surface area contributed by atoms with Crippen LogP contribution < -0.4 is 11.2 Å². The van der Waals surface area contributed by atoms with E-state index in [2.05, 4.69) is 21.0 Å². The van der Waals surface area contributed by atoms with Crippen molar-refractivity contribution in [2.24, 2.45) is 0 Å². The van der Waals surface area contributed by atoms with Gasteiger partial charge in [0.05, 0.1) is 18.5 Å². The number of hydroxylamine groups is 1. The highest BCUT2D eigenvalue weighted by atomic mass is 16.6. The molecule has 0 aromatic carbocycles. The Morgan fingerprint density at radius 2 is 2.27 bits per heavy atom. The lowest BCUT2D eigenvalue weighted by molar-refractivity contribution is 0.113. The largest absolute Gasteiger partial charge is 0.365 e. The molecule has 1 aromatic rings. The summed E-state index contributed by atoms with van der Waals surface area (Å²) in [6.07, 6.45) is 3.80. The Hall–Kier alpha value is -1.63. The average molecular weight is 211 g/mol. The second-order valence-corrected chi connectivity index (χ2v) is 3.36. The smallest absolute Gasteiger partial charge is 0.280 e. The van der Waals surface area contributed by atoms with Crippen molar-refractivity contribution in [1.82, 2.24) is 25.7 Å². The van der Waals surface area contributed by atoms with Crippen molar-refractivity contribution >= 4 is 5.70 Å². The highest BCUT2D eigenvalue weighted by Gasteiger charge is 2.17. The third-order valence-electron chi connectivity index (χ3n) is 2.39. The monoisotopic (exact) mass is 211 g/mol. The highest BCUT2D eigenvalue weighted by Crippen LogP contribution is 2.24. The molecule has 0 saturated heterocycles. The molecule has 0 bridgehead atoms. The van der Waals surface area contributed by atoms with E-state index in [9.17, 15) is 4.79 Å². The number of allylic oxidation sites excluding steroid dienone is 2. The maximum absolute atomic E-state index is 11.3. The summed E-state index contributed by atoms with van der Waals surface area (Å²) in [5, 5.41) is 9.45. The van der Waals surface area contributed by atoms with Gasteiger partial charge in [-0.2, -0.15) is 4.68 Å². The van der Waals surface area contributed by atoms with Crippen LogP contribution in [0.5, 0.6) is 0 Å². The third-order valence-corrected chi connectivity index (χ3v) is 2.39. The van der Waals surface area contributed by atoms with Crippen LogP contribution in [0.25, 0.3) is 5.70 Å². The number of aromatic nitrogens is 4. The Labute approximate surface area is 86.1 Å². The number of H-pyrrole nitrogens is 1. The zero-order valence-corrected chi connectivity index (χ0v) is 8.49. The third kappa shape index (κ3) is 1.91. The number of nitrogens with one attached hydrogen (secondary N) is 2. The van der Waals surface area contributed by atoms with Crippen LogP contribution in [0.15, 0.2) is 10.5 Å². The molecule has 0 amide bonds. The summed E-state index contributed by atoms with van der Waals surface area (Å²) >= 11 is 0. The number of aromatic amines is 1. The van der Waals surface area contributed by atoms with Crippen molar-refractivity contribution < 1.29 is 4.84 Å². The van der Waals surface area contributed by atoms with Crippen LogP contribution in [0.4, 0.5) is 0 Å². The molecule has 1 heterocycles. The summed E-state index contributed by atoms with van der Waals surface area (Å²) in [6, 6.07) is 0. The first-order chi connectivity index (χ1) is 7.33. The van der Waals surface area contributed by atoms with Crippen LogP contribution in [-0.2, 0) is 4.84 Å². The lowest BCUT2D eigenvalue weighted by Crippen LogP contribution is -2.24. The van der Waals surface area contributed by atoms with E-state index in [1.807, 2.05) is 0 Å². The Morgan fingerprint density at radius 1 is 1.47 bits per heavy atom. The van der Waals surface area contributed by atoms with Gasteiger partial charge in [0.2, 0.25) is 0 Å². The van der Waals surface area contributed by atoms with Gasteiger partial charge in [-0.15, -0.1) is 0 Å². The van der Waals surface area contributed by atoms with E-state index in [-0.39, 0.29) is 5.69 Å². The summed E-state index contributed by atoms with van der Waals surface area (Å²) in [7, 11) is 1.55. The van der Waals surface area contributed by atoms with E-state index in [0.717, 1.165) is 37.1 Å². The van der Waals surface area contributed by atoms with E-state index in [1.54, 1.807) is 7.11 Å². The normalized spacial score (nSPS) is 16.9. The number of hydrogen-bond acceptors (Lipinski definition) is 5. The predicted octanol–water partition coefficient (Wildman–Crippen LogP) is -0.140. The molecule has 7 heteroatoms. The Kier molecular flexibility index (Phi) is 2.82. The fourth-order valence-corrected chi connectivity index (χ4v) is 1.73. The summed E-state index contributed by atoms with van der Waals surface area (Å²) < 4.78 is 1.28. The summed E-state index contributed by atoms with van der Waals surface area (Å²) in [5.74, 6) is 0. The molecule has 15 heavy (non-hydrogen) atoms. The molecule has 82 valence electrons. The maximum Gasteiger partial charge on any atom is 0.365 e. The van der Waals surface area contributed by atoms with Gasteiger partial charge in [-0.05, 0) is 36.1 Å². The molecule has 7 nitrogen and oxygen atoms in total. The molecule has 2 N–H and O–H groups in total. The van der Waals surface area contributed by atoms with E-state index in [0.29, 0.717) is 0 Å². The first-order valence-corrected chi connectivity index (χ1v) is 4.84. The summed E-state index contributed by atoms with van der Waals surface area (Å²) in [4.78, 5) is 16.2. The van der Waals surface area contributed by atoms with Crippen LogP contribution in [0.2, 0.25) is 0 Å². The van der Waals surface area contributed by atoms with Gasteiger partial charge in [-0.3, -0.25) is 10.3 Å². The summed E-state index contributed by atoms with van der Waals surface area (Å²) in [5.41, 5.74) is 4.21. The molecule has 1 aromatic heterocycles. The van der Waals surface area contributed by atoms with Crippen molar-refractivity contribution in [3.8, 4) is 0 Å². The Bertz CT molecular complexity index is 419. The van der Waals surface area contributed by atoms with E-state index in [4.69, 9.17) is 4.84 Å². The number of rotatable bonds is 3. The zero-order valence-electron chi connectivity index (χ0n) is 8.49. The van der Waals surface area contributed by atoms with Crippen molar-refractivity contribution in [1.29, 1.82) is 0 Å². The molecule has 0 fully saturated rings. The van der Waals surface area contributed by atoms with Gasteiger partial charge in [0.1, 0.15) is 0 Å². The molecule has 2 rings (SSSR count). The van der Waals surface area contributed by atoms with Gasteiger partial charge >= 0.3 is 5.69 Å². The quantitative estimate of drug-likeness (QED) is 0.680. The minimum absolute atomic E-state index is 0.317. The molecule has 1 aliphatic rings. The SMILES string of the molecule is CONC1=C(n2nn[nH]c2=O)CCCC1. The number of hydrogen-bond donors (Lipinski definition) is 2. The van der Waals surface area contributed by atoms with E-state index in [1.165, 1.54) is 4.68 Å². The van der Waals surface area contributed by atoms with Crippen molar-refractivity contribution in [3.05, 3.63) is 16.2 Å². The van der Waals surface area contributed by atoms with Crippen LogP contribution >= 0.6 is 0 Å². The topological polar surface area (TPSA) is 84.8 Å². The Morgan fingerprint density at radius 3 is 2.93 bits per heavy atom. The number of tetrazole rings is 1. The highest BCUT2D eigenvalue weighted by molar-refractivity contribution is 5.48. The Balaban J connectivity index is 2.39. The first-order valence-electron chi connectivity index (χ1n) is 4.84. The lowest BCUT2D eigenvalue weighted by atomic mass is 10.0. The zero-order chi connectivity index (χ0) is 10.7. The van der Waals surface area contributed by atoms with E-state index < -0.39 is 0 Å². The number of nitrogens with zero attached hydrogens (tertiary/aromatic N) is 3. The average Bonchev–Trinajstić information content (AvgIpc) is 2.66. The molecule has 1 aliphatic carbocycles. The van der Waals surface area contributed by atoms with Gasteiger partial charge in [-0.25, -0.2) is 9.89 Å². The maximum atomic E-state index is 11.3. The first kappa shape index (κ1) is 9.91. The molecule has 0 atom stereocenters. The minimum Gasteiger partial charge on any atom is -0.280 e. The van der Waals surface area contributed by atoms with E-state index >= 15 is 0 Å². The molecule has 0 radical (unpaired) electrons. The molecular weight excluding hydrogens is 198 g/mol. The molecule has 0 spiro atoms. The summed E-state index contributed by atoms with van der Waals surface area (Å²) in [6.45, 7) is 0. The fraction of sp³-hybridized carbons (Fsp3) is 0.625. The standard InChI is InChI=1S/C8H13N5O2/c1-15-10-6-4-2-3-5-7(6)13-8(14)9-11-12-13/h10H,2-5H2,1H3,(H,9,12,14). The van der Waals surface area contributed by atoms with Crippen LogP contribution in [-0.4, -0.2) is 27.3 Å². The lowest BCUT2D eigenvalue weighted by Gasteiger charge is -2.19. The molecular formula is C8H13N5O2. The van der Waals surface area contributed by atoms with Crippen molar-refractivity contribution in [2.45, 2.75) is 25.7 Å². The predicted molar refractivity (Wildman–Crippen MR) is 52.5 cm³/mol. The second kappa shape index (κ2) is 4.26. The van der Waals surface area contributed by atoms with Crippen LogP contribution in [0.3, 0.4) is 0 Å². The molecule has 0 unspecified atom stereocenters. The second-order valence-electron chi connectivity index (χ2n) is 3.36. The minimum atomic E-state index is -0.317. The van der Waals surface area contributed by atoms with Crippen LogP contribution in [0, 0.1) is 0 Å². The van der Waals surface area contributed by atoms with Gasteiger partial charge in [0.15, 0.2) is 0 Å². The van der Waals surface area contributed by atoms with Crippen molar-refractivity contribution in [3.63, 3.8) is 0 Å². The van der Waals surface area contributed by atoms with Crippen LogP contribution in [0.1, 0.15) is 25.7 Å². The molecule has 0 aliphatic heterocycles. The van der Waals surface area contributed by atoms with Crippen molar-refractivity contribution in [2.75, 3.05) is 7.11 Å². The van der Waals surface area contributed by atoms with Gasteiger partial charge in [0, 0.05) is 0 Å². The van der Waals surface area contributed by atoms with Gasteiger partial charge in [-0.1, -0.05) is 0 Å². The molecule has 0 saturated carbocycles. The van der Waals surface area contributed by atoms with Gasteiger partial charge < -0.3 is 0 Å². The fourth-order valence-electron chi connectivity index (χ4n) is 1.73.